The third kappa shape index (κ3) is 6.11. The maximum absolute atomic E-state index is 10.7. The molecule has 0 saturated carbocycles. The molecule has 0 aliphatic carbocycles. The molecule has 0 saturated heterocycles. The molecule has 0 radical (unpaired) electrons. The zero-order valence-electron chi connectivity index (χ0n) is 7.11. The van der Waals surface area contributed by atoms with E-state index in [1.54, 1.807) is 6.92 Å². The molecule has 0 aromatic rings. The van der Waals surface area contributed by atoms with E-state index < -0.39 is 16.0 Å². The van der Waals surface area contributed by atoms with Crippen LogP contribution in [0.15, 0.2) is 0 Å². The summed E-state index contributed by atoms with van der Waals surface area (Å²) in [6, 6.07) is 0. The Hall–Kier alpha value is -0.620. The molecule has 12 heavy (non-hydrogen) atoms. The van der Waals surface area contributed by atoms with Crippen molar-refractivity contribution in [3.05, 3.63) is 0 Å². The van der Waals surface area contributed by atoms with Gasteiger partial charge >= 0.3 is 5.97 Å². The van der Waals surface area contributed by atoms with Crippen molar-refractivity contribution < 1.29 is 17.9 Å². The monoisotopic (exact) mass is 195 g/mol. The van der Waals surface area contributed by atoms with E-state index in [-0.39, 0.29) is 18.1 Å². The van der Waals surface area contributed by atoms with Crippen LogP contribution in [0, 0.1) is 5.92 Å². The molecule has 72 valence electrons. The van der Waals surface area contributed by atoms with Crippen molar-refractivity contribution in [2.45, 2.75) is 13.3 Å². The first kappa shape index (κ1) is 11.4. The molecule has 0 amide bonds. The molecule has 0 unspecified atom stereocenters. The molecule has 0 aliphatic heterocycles. The third-order valence-corrected chi connectivity index (χ3v) is 2.29. The Kier molecular flexibility index (Phi) is 4.19. The van der Waals surface area contributed by atoms with Crippen LogP contribution in [0.25, 0.3) is 0 Å². The Morgan fingerprint density at radius 1 is 1.58 bits per heavy atom. The normalized spacial score (nSPS) is 13.9. The summed E-state index contributed by atoms with van der Waals surface area (Å²) in [4.78, 5) is 10.7. The van der Waals surface area contributed by atoms with Crippen molar-refractivity contribution in [1.82, 2.24) is 0 Å². The van der Waals surface area contributed by atoms with E-state index in [4.69, 9.17) is 5.14 Å². The quantitative estimate of drug-likeness (QED) is 0.611. The molecule has 0 fully saturated rings. The smallest absolute Gasteiger partial charge is 0.305 e. The van der Waals surface area contributed by atoms with Crippen LogP contribution in [0.3, 0.4) is 0 Å². The Labute approximate surface area is 71.9 Å². The Balaban J connectivity index is 3.91. The van der Waals surface area contributed by atoms with Crippen LogP contribution in [-0.2, 0) is 19.6 Å². The summed E-state index contributed by atoms with van der Waals surface area (Å²) in [6.45, 7) is 1.63. The highest BCUT2D eigenvalue weighted by molar-refractivity contribution is 7.89. The van der Waals surface area contributed by atoms with Crippen molar-refractivity contribution in [1.29, 1.82) is 0 Å². The van der Waals surface area contributed by atoms with Gasteiger partial charge < -0.3 is 4.74 Å². The Morgan fingerprint density at radius 3 is 2.42 bits per heavy atom. The summed E-state index contributed by atoms with van der Waals surface area (Å²) < 4.78 is 25.4. The molecule has 0 rings (SSSR count). The van der Waals surface area contributed by atoms with Crippen LogP contribution in [0.2, 0.25) is 0 Å². The average Bonchev–Trinajstić information content (AvgIpc) is 1.82. The second-order valence-electron chi connectivity index (χ2n) is 2.71. The van der Waals surface area contributed by atoms with E-state index in [1.807, 2.05) is 0 Å². The van der Waals surface area contributed by atoms with Gasteiger partial charge in [-0.3, -0.25) is 4.79 Å². The lowest BCUT2D eigenvalue weighted by molar-refractivity contribution is -0.141. The van der Waals surface area contributed by atoms with Gasteiger partial charge in [0.25, 0.3) is 0 Å². The number of hydrogen-bond donors (Lipinski definition) is 1. The summed E-state index contributed by atoms with van der Waals surface area (Å²) in [5, 5.41) is 4.77. The molecule has 2 N–H and O–H groups in total. The number of carbonyl (C=O) groups is 1. The first-order chi connectivity index (χ1) is 5.35. The second kappa shape index (κ2) is 4.42. The molecular weight excluding hydrogens is 182 g/mol. The lowest BCUT2D eigenvalue weighted by Gasteiger charge is -2.06. The summed E-state index contributed by atoms with van der Waals surface area (Å²) in [7, 11) is -2.23. The fourth-order valence-electron chi connectivity index (χ4n) is 0.823. The highest BCUT2D eigenvalue weighted by atomic mass is 32.2. The standard InChI is InChI=1S/C6H13NO4S/c1-5(3-6(8)11-2)4-12(7,9)10/h5H,3-4H2,1-2H3,(H2,7,9,10)/t5-/m0/s1. The summed E-state index contributed by atoms with van der Waals surface area (Å²) in [5.74, 6) is -0.916. The maximum atomic E-state index is 10.7. The minimum absolute atomic E-state index is 0.0763. The third-order valence-electron chi connectivity index (χ3n) is 1.26. The summed E-state index contributed by atoms with van der Waals surface area (Å²) in [5.41, 5.74) is 0. The van der Waals surface area contributed by atoms with Gasteiger partial charge in [-0.05, 0) is 5.92 Å². The van der Waals surface area contributed by atoms with Gasteiger partial charge in [-0.2, -0.15) is 0 Å². The first-order valence-corrected chi connectivity index (χ1v) is 5.14. The number of esters is 1. The zero-order chi connectivity index (χ0) is 9.78. The minimum atomic E-state index is -3.48. The molecular formula is C6H13NO4S. The van der Waals surface area contributed by atoms with Gasteiger partial charge in [0.2, 0.25) is 10.0 Å². The molecule has 0 heterocycles. The van der Waals surface area contributed by atoms with Gasteiger partial charge in [0.1, 0.15) is 0 Å². The summed E-state index contributed by atoms with van der Waals surface area (Å²) in [6.07, 6.45) is 0.0763. The highest BCUT2D eigenvalue weighted by Crippen LogP contribution is 2.04. The predicted octanol–water partition coefficient (Wildman–Crippen LogP) is -0.526. The zero-order valence-corrected chi connectivity index (χ0v) is 7.93. The van der Waals surface area contributed by atoms with Crippen LogP contribution in [0.5, 0.6) is 0 Å². The number of nitrogens with two attached hydrogens (primary N) is 1. The van der Waals surface area contributed by atoms with Crippen molar-refractivity contribution in [3.63, 3.8) is 0 Å². The van der Waals surface area contributed by atoms with E-state index >= 15 is 0 Å². The molecule has 0 bridgehead atoms. The van der Waals surface area contributed by atoms with Crippen molar-refractivity contribution in [2.75, 3.05) is 12.9 Å². The van der Waals surface area contributed by atoms with Crippen molar-refractivity contribution >= 4 is 16.0 Å². The molecule has 0 spiro atoms. The predicted molar refractivity (Wildman–Crippen MR) is 43.8 cm³/mol. The molecule has 1 atom stereocenters. The number of primary sulfonamides is 1. The van der Waals surface area contributed by atoms with Gasteiger partial charge in [-0.25, -0.2) is 13.6 Å². The number of ether oxygens (including phenoxy) is 1. The molecule has 0 aliphatic rings. The molecule has 0 aromatic heterocycles. The number of methoxy groups -OCH3 is 1. The van der Waals surface area contributed by atoms with Crippen LogP contribution >= 0.6 is 0 Å². The second-order valence-corrected chi connectivity index (χ2v) is 4.37. The molecule has 5 nitrogen and oxygen atoms in total. The van der Waals surface area contributed by atoms with Crippen molar-refractivity contribution in [3.8, 4) is 0 Å². The van der Waals surface area contributed by atoms with Gasteiger partial charge in [0.15, 0.2) is 0 Å². The Bertz CT molecular complexity index is 246. The number of rotatable bonds is 4. The largest absolute Gasteiger partial charge is 0.469 e. The van der Waals surface area contributed by atoms with E-state index in [9.17, 15) is 13.2 Å². The van der Waals surface area contributed by atoms with Crippen LogP contribution in [0.1, 0.15) is 13.3 Å². The molecule has 6 heteroatoms. The van der Waals surface area contributed by atoms with E-state index in [0.29, 0.717) is 0 Å². The maximum Gasteiger partial charge on any atom is 0.305 e. The van der Waals surface area contributed by atoms with Crippen LogP contribution in [-0.4, -0.2) is 27.2 Å². The SMILES string of the molecule is COC(=O)C[C@H](C)CS(N)(=O)=O. The Morgan fingerprint density at radius 2 is 2.08 bits per heavy atom. The fraction of sp³-hybridized carbons (Fsp3) is 0.833. The lowest BCUT2D eigenvalue weighted by atomic mass is 10.1. The molecule has 0 aromatic carbocycles. The number of carbonyl (C=O) groups excluding carboxylic acids is 1. The number of sulfonamides is 1. The van der Waals surface area contributed by atoms with Gasteiger partial charge in [0, 0.05) is 6.42 Å². The fourth-order valence-corrected chi connectivity index (χ4v) is 1.73. The average molecular weight is 195 g/mol. The first-order valence-electron chi connectivity index (χ1n) is 3.42. The van der Waals surface area contributed by atoms with Crippen LogP contribution < -0.4 is 5.14 Å². The van der Waals surface area contributed by atoms with Gasteiger partial charge in [0.05, 0.1) is 12.9 Å². The minimum Gasteiger partial charge on any atom is -0.469 e. The highest BCUT2D eigenvalue weighted by Gasteiger charge is 2.14. The van der Waals surface area contributed by atoms with Gasteiger partial charge in [-0.15, -0.1) is 0 Å². The topological polar surface area (TPSA) is 86.5 Å². The van der Waals surface area contributed by atoms with Gasteiger partial charge in [-0.1, -0.05) is 6.92 Å². The van der Waals surface area contributed by atoms with Crippen molar-refractivity contribution in [2.24, 2.45) is 11.1 Å². The number of hydrogen-bond acceptors (Lipinski definition) is 4. The van der Waals surface area contributed by atoms with E-state index in [0.717, 1.165) is 0 Å². The van der Waals surface area contributed by atoms with E-state index in [1.165, 1.54) is 7.11 Å². The van der Waals surface area contributed by atoms with Crippen LogP contribution in [0.4, 0.5) is 0 Å². The van der Waals surface area contributed by atoms with E-state index in [2.05, 4.69) is 4.74 Å². The summed E-state index contributed by atoms with van der Waals surface area (Å²) >= 11 is 0. The lowest BCUT2D eigenvalue weighted by Crippen LogP contribution is -2.23.